The lowest BCUT2D eigenvalue weighted by molar-refractivity contribution is 0.0942. The summed E-state index contributed by atoms with van der Waals surface area (Å²) < 4.78 is 2.06. The summed E-state index contributed by atoms with van der Waals surface area (Å²) in [6.45, 7) is 5.85. The van der Waals surface area contributed by atoms with E-state index in [4.69, 9.17) is 5.10 Å². The third kappa shape index (κ3) is 5.49. The van der Waals surface area contributed by atoms with Crippen LogP contribution in [0.3, 0.4) is 0 Å². The number of pyridine rings is 1. The van der Waals surface area contributed by atoms with Crippen LogP contribution in [0.4, 0.5) is 0 Å². The molecule has 0 atom stereocenters. The number of aromatic nitrogens is 3. The summed E-state index contributed by atoms with van der Waals surface area (Å²) in [5, 5.41) is 7.87. The summed E-state index contributed by atoms with van der Waals surface area (Å²) in [7, 11) is 0. The normalized spacial score (nSPS) is 13.4. The molecular weight excluding hydrogens is 434 g/mol. The minimum atomic E-state index is -0.136. The Balaban J connectivity index is 1.37. The number of carbonyl (C=O) groups is 1. The maximum atomic E-state index is 13.3. The van der Waals surface area contributed by atoms with Crippen molar-refractivity contribution in [1.29, 1.82) is 0 Å². The summed E-state index contributed by atoms with van der Waals surface area (Å²) in [6.07, 6.45) is 3.51. The highest BCUT2D eigenvalue weighted by atomic mass is 16.2. The summed E-state index contributed by atoms with van der Waals surface area (Å²) >= 11 is 0. The molecule has 2 aromatic heterocycles. The molecule has 1 aliphatic heterocycles. The summed E-state index contributed by atoms with van der Waals surface area (Å²) in [5.74, 6) is -0.136. The Labute approximate surface area is 206 Å². The number of aryl methyl sites for hydroxylation is 3. The number of hydrogen-bond acceptors (Lipinski definition) is 4. The minimum absolute atomic E-state index is 0.136. The summed E-state index contributed by atoms with van der Waals surface area (Å²) in [4.78, 5) is 20.0. The Kier molecular flexibility index (Phi) is 7.00. The molecule has 1 aliphatic rings. The Bertz CT molecular complexity index is 1280. The smallest absolute Gasteiger partial charge is 0.272 e. The van der Waals surface area contributed by atoms with Gasteiger partial charge in [-0.25, -0.2) is 0 Å². The SMILES string of the molecule is Cc1ccccc1CN1CCc2c(c(C(=O)NCc3ccccn3)nn2CCc2ccccc2)C1. The number of benzene rings is 2. The van der Waals surface area contributed by atoms with E-state index in [2.05, 4.69) is 75.3 Å². The molecule has 2 aromatic carbocycles. The number of fused-ring (bicyclic) bond motifs is 1. The molecule has 0 fully saturated rings. The lowest BCUT2D eigenvalue weighted by atomic mass is 10.0. The number of rotatable bonds is 8. The molecule has 0 saturated heterocycles. The molecule has 4 aromatic rings. The fourth-order valence-corrected chi connectivity index (χ4v) is 4.71. The van der Waals surface area contributed by atoms with Crippen molar-refractivity contribution < 1.29 is 4.79 Å². The van der Waals surface area contributed by atoms with E-state index in [1.807, 2.05) is 24.3 Å². The zero-order valence-corrected chi connectivity index (χ0v) is 20.2. The Morgan fingerprint density at radius 3 is 2.60 bits per heavy atom. The summed E-state index contributed by atoms with van der Waals surface area (Å²) in [6, 6.07) is 24.7. The lowest BCUT2D eigenvalue weighted by Gasteiger charge is -2.28. The van der Waals surface area contributed by atoms with Gasteiger partial charge >= 0.3 is 0 Å². The predicted molar refractivity (Wildman–Crippen MR) is 137 cm³/mol. The molecule has 6 heteroatoms. The van der Waals surface area contributed by atoms with E-state index >= 15 is 0 Å². The van der Waals surface area contributed by atoms with Crippen LogP contribution in [-0.4, -0.2) is 32.1 Å². The van der Waals surface area contributed by atoms with Gasteiger partial charge in [0.2, 0.25) is 0 Å². The second-order valence-corrected chi connectivity index (χ2v) is 9.12. The van der Waals surface area contributed by atoms with E-state index in [1.165, 1.54) is 22.4 Å². The molecule has 0 spiro atoms. The molecule has 0 unspecified atom stereocenters. The standard InChI is InChI=1S/C29H31N5O/c1-22-9-5-6-12-24(22)20-33-17-15-27-26(21-33)28(29(35)31-19-25-13-7-8-16-30-25)32-34(27)18-14-23-10-3-2-4-11-23/h2-13,16H,14-15,17-21H2,1H3,(H,31,35). The van der Waals surface area contributed by atoms with Crippen LogP contribution in [0.2, 0.25) is 0 Å². The monoisotopic (exact) mass is 465 g/mol. The van der Waals surface area contributed by atoms with Crippen LogP contribution < -0.4 is 5.32 Å². The topological polar surface area (TPSA) is 63.1 Å². The van der Waals surface area contributed by atoms with Crippen LogP contribution in [-0.2, 0) is 39.0 Å². The van der Waals surface area contributed by atoms with E-state index in [-0.39, 0.29) is 5.91 Å². The second-order valence-electron chi connectivity index (χ2n) is 9.12. The number of nitrogens with zero attached hydrogens (tertiary/aromatic N) is 4. The number of nitrogens with one attached hydrogen (secondary N) is 1. The summed E-state index contributed by atoms with van der Waals surface area (Å²) in [5.41, 5.74) is 7.51. The molecule has 0 bridgehead atoms. The first-order valence-electron chi connectivity index (χ1n) is 12.2. The van der Waals surface area contributed by atoms with Crippen LogP contribution in [0.1, 0.15) is 44.1 Å². The van der Waals surface area contributed by atoms with E-state index in [9.17, 15) is 4.79 Å². The van der Waals surface area contributed by atoms with Gasteiger partial charge in [-0.1, -0.05) is 60.7 Å². The molecule has 178 valence electrons. The first kappa shape index (κ1) is 23.0. The molecule has 5 rings (SSSR count). The highest BCUT2D eigenvalue weighted by molar-refractivity contribution is 5.94. The van der Waals surface area contributed by atoms with Gasteiger partial charge in [0.25, 0.3) is 5.91 Å². The van der Waals surface area contributed by atoms with E-state index < -0.39 is 0 Å². The largest absolute Gasteiger partial charge is 0.345 e. The van der Waals surface area contributed by atoms with Gasteiger partial charge < -0.3 is 5.32 Å². The lowest BCUT2D eigenvalue weighted by Crippen LogP contribution is -2.32. The zero-order chi connectivity index (χ0) is 24.0. The van der Waals surface area contributed by atoms with Crippen molar-refractivity contribution in [3.05, 3.63) is 118 Å². The van der Waals surface area contributed by atoms with Gasteiger partial charge in [-0.15, -0.1) is 0 Å². The maximum Gasteiger partial charge on any atom is 0.272 e. The van der Waals surface area contributed by atoms with Gasteiger partial charge in [0.05, 0.1) is 12.2 Å². The Hall–Kier alpha value is -3.77. The Morgan fingerprint density at radius 2 is 1.80 bits per heavy atom. The highest BCUT2D eigenvalue weighted by Crippen LogP contribution is 2.25. The molecule has 0 saturated carbocycles. The second kappa shape index (κ2) is 10.7. The van der Waals surface area contributed by atoms with Crippen LogP contribution in [0.25, 0.3) is 0 Å². The predicted octanol–water partition coefficient (Wildman–Crippen LogP) is 4.32. The molecule has 6 nitrogen and oxygen atoms in total. The van der Waals surface area contributed by atoms with E-state index in [1.54, 1.807) is 6.20 Å². The average molecular weight is 466 g/mol. The number of carbonyl (C=O) groups excluding carboxylic acids is 1. The van der Waals surface area contributed by atoms with Gasteiger partial charge in [0.15, 0.2) is 5.69 Å². The van der Waals surface area contributed by atoms with Crippen LogP contribution >= 0.6 is 0 Å². The molecule has 0 radical (unpaired) electrons. The number of amides is 1. The maximum absolute atomic E-state index is 13.3. The molecule has 3 heterocycles. The fraction of sp³-hybridized carbons (Fsp3) is 0.276. The van der Waals surface area contributed by atoms with Gasteiger partial charge in [-0.2, -0.15) is 5.10 Å². The van der Waals surface area contributed by atoms with Crippen molar-refractivity contribution >= 4 is 5.91 Å². The van der Waals surface area contributed by atoms with Crippen LogP contribution in [0.15, 0.2) is 79.0 Å². The quantitative estimate of drug-likeness (QED) is 0.421. The minimum Gasteiger partial charge on any atom is -0.345 e. The average Bonchev–Trinajstić information content (AvgIpc) is 3.26. The van der Waals surface area contributed by atoms with Crippen LogP contribution in [0.5, 0.6) is 0 Å². The molecule has 0 aliphatic carbocycles. The van der Waals surface area contributed by atoms with Gasteiger partial charge in [-0.05, 0) is 42.2 Å². The van der Waals surface area contributed by atoms with Crippen LogP contribution in [0, 0.1) is 6.92 Å². The third-order valence-corrected chi connectivity index (χ3v) is 6.69. The molecule has 1 N–H and O–H groups in total. The first-order chi connectivity index (χ1) is 17.2. The zero-order valence-electron chi connectivity index (χ0n) is 20.2. The van der Waals surface area contributed by atoms with Crippen molar-refractivity contribution in [3.63, 3.8) is 0 Å². The first-order valence-corrected chi connectivity index (χ1v) is 12.2. The number of hydrogen-bond donors (Lipinski definition) is 1. The molecule has 35 heavy (non-hydrogen) atoms. The third-order valence-electron chi connectivity index (χ3n) is 6.69. The van der Waals surface area contributed by atoms with Gasteiger partial charge in [0.1, 0.15) is 0 Å². The van der Waals surface area contributed by atoms with Crippen molar-refractivity contribution in [3.8, 4) is 0 Å². The van der Waals surface area contributed by atoms with Crippen molar-refractivity contribution in [2.45, 2.75) is 45.9 Å². The molecular formula is C29H31N5O. The molecule has 1 amide bonds. The van der Waals surface area contributed by atoms with Crippen molar-refractivity contribution in [2.75, 3.05) is 6.54 Å². The van der Waals surface area contributed by atoms with E-state index in [0.717, 1.165) is 50.3 Å². The fourth-order valence-electron chi connectivity index (χ4n) is 4.71. The van der Waals surface area contributed by atoms with Gasteiger partial charge in [0, 0.05) is 50.1 Å². The van der Waals surface area contributed by atoms with Gasteiger partial charge in [-0.3, -0.25) is 19.4 Å². The van der Waals surface area contributed by atoms with E-state index in [0.29, 0.717) is 12.2 Å². The van der Waals surface area contributed by atoms with Crippen molar-refractivity contribution in [1.82, 2.24) is 25.0 Å². The van der Waals surface area contributed by atoms with Crippen molar-refractivity contribution in [2.24, 2.45) is 0 Å². The Morgan fingerprint density at radius 1 is 1.00 bits per heavy atom. The highest BCUT2D eigenvalue weighted by Gasteiger charge is 2.28.